The molecule has 0 amide bonds. The molecule has 0 fully saturated rings. The van der Waals surface area contributed by atoms with Crippen molar-refractivity contribution in [3.8, 4) is 0 Å². The van der Waals surface area contributed by atoms with Crippen LogP contribution in [0.5, 0.6) is 0 Å². The second kappa shape index (κ2) is 5.05. The van der Waals surface area contributed by atoms with Gasteiger partial charge in [-0.2, -0.15) is 5.10 Å². The van der Waals surface area contributed by atoms with Crippen LogP contribution in [0.2, 0.25) is 0 Å². The van der Waals surface area contributed by atoms with Crippen molar-refractivity contribution < 1.29 is 0 Å². The number of aromatic amines is 1. The maximum Gasteiger partial charge on any atom is 0.345 e. The van der Waals surface area contributed by atoms with Crippen molar-refractivity contribution in [2.45, 2.75) is 6.54 Å². The molecule has 5 nitrogen and oxygen atoms in total. The van der Waals surface area contributed by atoms with Crippen molar-refractivity contribution in [3.63, 3.8) is 0 Å². The lowest BCUT2D eigenvalue weighted by molar-refractivity contribution is 0.601. The van der Waals surface area contributed by atoms with Crippen LogP contribution in [-0.4, -0.2) is 14.8 Å². The summed E-state index contributed by atoms with van der Waals surface area (Å²) in [7, 11) is 0. The van der Waals surface area contributed by atoms with E-state index in [4.69, 9.17) is 0 Å². The Balaban J connectivity index is 2.13. The molecule has 0 unspecified atom stereocenters. The molecule has 0 atom stereocenters. The van der Waals surface area contributed by atoms with Crippen molar-refractivity contribution in [1.82, 2.24) is 14.8 Å². The molecule has 0 bridgehead atoms. The Morgan fingerprint density at radius 3 is 2.70 bits per heavy atom. The fourth-order valence-electron chi connectivity index (χ4n) is 2.11. The third kappa shape index (κ3) is 2.30. The quantitative estimate of drug-likeness (QED) is 0.779. The van der Waals surface area contributed by atoms with Gasteiger partial charge >= 0.3 is 5.69 Å². The maximum atomic E-state index is 11.8. The number of halogens is 1. The van der Waals surface area contributed by atoms with E-state index in [0.29, 0.717) is 6.54 Å². The summed E-state index contributed by atoms with van der Waals surface area (Å²) >= 11 is 3.03. The number of nitrogens with zero attached hydrogens (tertiary/aromatic N) is 2. The zero-order valence-corrected chi connectivity index (χ0v) is 11.9. The average molecular weight is 332 g/mol. The van der Waals surface area contributed by atoms with E-state index < -0.39 is 11.2 Å². The van der Waals surface area contributed by atoms with Crippen LogP contribution in [0.15, 0.2) is 56.7 Å². The Labute approximate surface area is 122 Å². The minimum Gasteiger partial charge on any atom is -0.270 e. The molecule has 0 spiro atoms. The molecule has 0 saturated heterocycles. The van der Waals surface area contributed by atoms with Crippen molar-refractivity contribution in [2.24, 2.45) is 0 Å². The lowest BCUT2D eigenvalue weighted by atomic mass is 10.0. The molecule has 3 aromatic rings. The van der Waals surface area contributed by atoms with Crippen molar-refractivity contribution in [3.05, 3.63) is 73.5 Å². The molecule has 6 heteroatoms. The molecule has 0 radical (unpaired) electrons. The summed E-state index contributed by atoms with van der Waals surface area (Å²) in [5.41, 5.74) is -0.0769. The first kappa shape index (κ1) is 12.8. The molecule has 1 aromatic heterocycles. The van der Waals surface area contributed by atoms with Crippen LogP contribution in [0.4, 0.5) is 0 Å². The molecule has 20 heavy (non-hydrogen) atoms. The number of aromatic nitrogens is 3. The van der Waals surface area contributed by atoms with Crippen LogP contribution in [-0.2, 0) is 6.54 Å². The zero-order chi connectivity index (χ0) is 14.1. The molecule has 0 aliphatic rings. The van der Waals surface area contributed by atoms with Crippen LogP contribution in [0.3, 0.4) is 0 Å². The Morgan fingerprint density at radius 2 is 1.85 bits per heavy atom. The molecule has 0 saturated carbocycles. The minimum absolute atomic E-state index is 0.0948. The van der Waals surface area contributed by atoms with Gasteiger partial charge in [0.05, 0.1) is 6.54 Å². The van der Waals surface area contributed by atoms with Gasteiger partial charge in [-0.25, -0.2) is 9.48 Å². The monoisotopic (exact) mass is 331 g/mol. The fourth-order valence-corrected chi connectivity index (χ4v) is 2.40. The molecular weight excluding hydrogens is 322 g/mol. The van der Waals surface area contributed by atoms with Crippen LogP contribution < -0.4 is 11.2 Å². The van der Waals surface area contributed by atoms with Gasteiger partial charge in [0.25, 0.3) is 5.56 Å². The van der Waals surface area contributed by atoms with Crippen LogP contribution >= 0.6 is 15.9 Å². The molecule has 0 aliphatic heterocycles. The summed E-state index contributed by atoms with van der Waals surface area (Å²) in [6.45, 7) is 0.301. The average Bonchev–Trinajstić information content (AvgIpc) is 2.45. The Hall–Kier alpha value is -2.21. The number of H-pyrrole nitrogens is 1. The van der Waals surface area contributed by atoms with Crippen molar-refractivity contribution >= 4 is 26.7 Å². The standard InChI is InChI=1S/C14H10BrN3O2/c15-12-13(19)16-14(20)18(17-12)8-10-6-3-5-9-4-1-2-7-11(9)10/h1-7H,8H2,(H,16,19,20). The first-order valence-electron chi connectivity index (χ1n) is 5.99. The van der Waals surface area contributed by atoms with Gasteiger partial charge in [0.2, 0.25) is 0 Å². The van der Waals surface area contributed by atoms with E-state index in [1.54, 1.807) is 0 Å². The largest absolute Gasteiger partial charge is 0.345 e. The number of hydrogen-bond donors (Lipinski definition) is 1. The highest BCUT2D eigenvalue weighted by atomic mass is 79.9. The molecule has 3 rings (SSSR count). The SMILES string of the molecule is O=c1[nH]c(=O)n(Cc2cccc3ccccc23)nc1Br. The fraction of sp³-hybridized carbons (Fsp3) is 0.0714. The highest BCUT2D eigenvalue weighted by Crippen LogP contribution is 2.18. The maximum absolute atomic E-state index is 11.8. The van der Waals surface area contributed by atoms with Crippen LogP contribution in [0.25, 0.3) is 10.8 Å². The minimum atomic E-state index is -0.524. The summed E-state index contributed by atoms with van der Waals surface area (Å²) < 4.78 is 1.32. The third-order valence-electron chi connectivity index (χ3n) is 3.05. The first-order valence-corrected chi connectivity index (χ1v) is 6.78. The molecule has 1 heterocycles. The van der Waals surface area contributed by atoms with E-state index in [9.17, 15) is 9.59 Å². The van der Waals surface area contributed by atoms with Gasteiger partial charge in [0.15, 0.2) is 4.60 Å². The van der Waals surface area contributed by atoms with Gasteiger partial charge in [0.1, 0.15) is 0 Å². The summed E-state index contributed by atoms with van der Waals surface area (Å²) in [4.78, 5) is 25.3. The van der Waals surface area contributed by atoms with Gasteiger partial charge in [0, 0.05) is 0 Å². The molecular formula is C14H10BrN3O2. The lowest BCUT2D eigenvalue weighted by Gasteiger charge is -2.07. The predicted octanol–water partition coefficient (Wildman–Crippen LogP) is 1.90. The molecule has 1 N–H and O–H groups in total. The Morgan fingerprint density at radius 1 is 1.10 bits per heavy atom. The number of nitrogens with one attached hydrogen (secondary N) is 1. The van der Waals surface area contributed by atoms with Gasteiger partial charge in [-0.15, -0.1) is 0 Å². The number of rotatable bonds is 2. The molecule has 0 aliphatic carbocycles. The van der Waals surface area contributed by atoms with E-state index in [1.807, 2.05) is 42.5 Å². The Kier molecular flexibility index (Phi) is 3.23. The lowest BCUT2D eigenvalue weighted by Crippen LogP contribution is -2.33. The topological polar surface area (TPSA) is 67.8 Å². The van der Waals surface area contributed by atoms with Crippen molar-refractivity contribution in [2.75, 3.05) is 0 Å². The molecule has 2 aromatic carbocycles. The second-order valence-corrected chi connectivity index (χ2v) is 5.10. The summed E-state index contributed by atoms with van der Waals surface area (Å²) in [5.74, 6) is 0. The van der Waals surface area contributed by atoms with E-state index in [-0.39, 0.29) is 4.60 Å². The Bertz CT molecular complexity index is 893. The van der Waals surface area contributed by atoms with Gasteiger partial charge in [-0.05, 0) is 32.3 Å². The second-order valence-electron chi connectivity index (χ2n) is 4.35. The summed E-state index contributed by atoms with van der Waals surface area (Å²) in [5, 5.41) is 6.11. The predicted molar refractivity (Wildman–Crippen MR) is 79.9 cm³/mol. The highest BCUT2D eigenvalue weighted by Gasteiger charge is 2.06. The number of hydrogen-bond acceptors (Lipinski definition) is 3. The van der Waals surface area contributed by atoms with Crippen molar-refractivity contribution in [1.29, 1.82) is 0 Å². The van der Waals surface area contributed by atoms with E-state index in [0.717, 1.165) is 16.3 Å². The number of fused-ring (bicyclic) bond motifs is 1. The first-order chi connectivity index (χ1) is 9.65. The summed E-state index contributed by atoms with van der Waals surface area (Å²) in [6, 6.07) is 13.8. The van der Waals surface area contributed by atoms with Gasteiger partial charge < -0.3 is 0 Å². The van der Waals surface area contributed by atoms with E-state index in [1.165, 1.54) is 4.68 Å². The normalized spacial score (nSPS) is 10.8. The number of benzene rings is 2. The molecule has 100 valence electrons. The van der Waals surface area contributed by atoms with Gasteiger partial charge in [-0.1, -0.05) is 42.5 Å². The van der Waals surface area contributed by atoms with E-state index in [2.05, 4.69) is 26.0 Å². The summed E-state index contributed by atoms with van der Waals surface area (Å²) in [6.07, 6.45) is 0. The van der Waals surface area contributed by atoms with Crippen LogP contribution in [0.1, 0.15) is 5.56 Å². The van der Waals surface area contributed by atoms with Crippen LogP contribution in [0, 0.1) is 0 Å². The van der Waals surface area contributed by atoms with Gasteiger partial charge in [-0.3, -0.25) is 9.78 Å². The smallest absolute Gasteiger partial charge is 0.270 e. The highest BCUT2D eigenvalue weighted by molar-refractivity contribution is 9.10. The third-order valence-corrected chi connectivity index (χ3v) is 3.57. The zero-order valence-electron chi connectivity index (χ0n) is 10.3. The van der Waals surface area contributed by atoms with E-state index >= 15 is 0 Å².